The standard InChI is InChI=1S/C20H28N4O4/c1-13-3-2-4-15(7-13)23-20(28)21-10-18(25)22-16-8-17(9-16)24(12-19(26)27)11-14-5-6-14/h2-4,7,14,16-17H,5-6,8-12H2,1H3,(H,22,25)(H,26,27)(H2,21,23,28). The first kappa shape index (κ1) is 20.1. The van der Waals surface area contributed by atoms with Crippen LogP contribution in [0.2, 0.25) is 0 Å². The number of carboxylic acid groups (broad SMARTS) is 1. The smallest absolute Gasteiger partial charge is 0.319 e. The number of aryl methyl sites for hydroxylation is 1. The zero-order chi connectivity index (χ0) is 20.1. The molecule has 0 bridgehead atoms. The van der Waals surface area contributed by atoms with Gasteiger partial charge in [0.25, 0.3) is 0 Å². The van der Waals surface area contributed by atoms with Gasteiger partial charge in [-0.2, -0.15) is 0 Å². The molecule has 152 valence electrons. The number of hydrogen-bond acceptors (Lipinski definition) is 4. The number of nitrogens with zero attached hydrogens (tertiary/aromatic N) is 1. The Bertz CT molecular complexity index is 729. The molecule has 0 heterocycles. The monoisotopic (exact) mass is 388 g/mol. The fraction of sp³-hybridized carbons (Fsp3) is 0.550. The van der Waals surface area contributed by atoms with Crippen molar-refractivity contribution in [2.24, 2.45) is 5.92 Å². The van der Waals surface area contributed by atoms with Crippen molar-refractivity contribution in [1.82, 2.24) is 15.5 Å². The molecule has 0 saturated heterocycles. The van der Waals surface area contributed by atoms with E-state index >= 15 is 0 Å². The van der Waals surface area contributed by atoms with Crippen molar-refractivity contribution >= 4 is 23.6 Å². The second kappa shape index (κ2) is 9.05. The highest BCUT2D eigenvalue weighted by Crippen LogP contribution is 2.33. The number of carbonyl (C=O) groups is 3. The molecule has 8 nitrogen and oxygen atoms in total. The van der Waals surface area contributed by atoms with Gasteiger partial charge in [0.15, 0.2) is 0 Å². The van der Waals surface area contributed by atoms with Gasteiger partial charge in [0.05, 0.1) is 13.1 Å². The molecule has 0 unspecified atom stereocenters. The highest BCUT2D eigenvalue weighted by atomic mass is 16.4. The largest absolute Gasteiger partial charge is 0.480 e. The molecule has 0 aromatic heterocycles. The summed E-state index contributed by atoms with van der Waals surface area (Å²) in [6, 6.07) is 7.23. The van der Waals surface area contributed by atoms with Crippen molar-refractivity contribution in [1.29, 1.82) is 0 Å². The molecule has 2 aliphatic carbocycles. The van der Waals surface area contributed by atoms with Gasteiger partial charge in [0.2, 0.25) is 5.91 Å². The molecule has 2 fully saturated rings. The van der Waals surface area contributed by atoms with Gasteiger partial charge in [-0.3, -0.25) is 14.5 Å². The van der Waals surface area contributed by atoms with Gasteiger partial charge >= 0.3 is 12.0 Å². The summed E-state index contributed by atoms with van der Waals surface area (Å²) in [5, 5.41) is 17.2. The van der Waals surface area contributed by atoms with E-state index in [2.05, 4.69) is 16.0 Å². The van der Waals surface area contributed by atoms with Crippen molar-refractivity contribution in [3.05, 3.63) is 29.8 Å². The van der Waals surface area contributed by atoms with Crippen molar-refractivity contribution < 1.29 is 19.5 Å². The Labute approximate surface area is 164 Å². The van der Waals surface area contributed by atoms with Gasteiger partial charge < -0.3 is 21.1 Å². The Morgan fingerprint density at radius 3 is 2.61 bits per heavy atom. The minimum atomic E-state index is -0.808. The van der Waals surface area contributed by atoms with E-state index in [9.17, 15) is 14.4 Å². The molecule has 28 heavy (non-hydrogen) atoms. The predicted octanol–water partition coefficient (Wildman–Crippen LogP) is 1.56. The van der Waals surface area contributed by atoms with E-state index in [0.29, 0.717) is 11.6 Å². The summed E-state index contributed by atoms with van der Waals surface area (Å²) in [6.45, 7) is 2.73. The fourth-order valence-electron chi connectivity index (χ4n) is 3.49. The summed E-state index contributed by atoms with van der Waals surface area (Å²) >= 11 is 0. The zero-order valence-corrected chi connectivity index (χ0v) is 16.1. The van der Waals surface area contributed by atoms with Crippen LogP contribution < -0.4 is 16.0 Å². The Morgan fingerprint density at radius 1 is 1.21 bits per heavy atom. The lowest BCUT2D eigenvalue weighted by molar-refractivity contribution is -0.140. The number of aliphatic carboxylic acids is 1. The molecule has 0 atom stereocenters. The van der Waals surface area contributed by atoms with Gasteiger partial charge in [0, 0.05) is 24.3 Å². The molecule has 0 radical (unpaired) electrons. The number of carbonyl (C=O) groups excluding carboxylic acids is 2. The molecular formula is C20H28N4O4. The van der Waals surface area contributed by atoms with E-state index in [1.165, 1.54) is 12.8 Å². The first-order chi connectivity index (χ1) is 13.4. The first-order valence-electron chi connectivity index (χ1n) is 9.76. The Hall–Kier alpha value is -2.61. The normalized spacial score (nSPS) is 20.9. The van der Waals surface area contributed by atoms with Gasteiger partial charge in [0.1, 0.15) is 0 Å². The van der Waals surface area contributed by atoms with Crippen molar-refractivity contribution in [3.63, 3.8) is 0 Å². The van der Waals surface area contributed by atoms with Crippen molar-refractivity contribution in [3.8, 4) is 0 Å². The molecule has 8 heteroatoms. The third kappa shape index (κ3) is 6.23. The number of anilines is 1. The summed E-state index contributed by atoms with van der Waals surface area (Å²) in [5.41, 5.74) is 1.71. The van der Waals surface area contributed by atoms with E-state index in [-0.39, 0.29) is 31.1 Å². The second-order valence-electron chi connectivity index (χ2n) is 7.83. The number of nitrogens with one attached hydrogen (secondary N) is 3. The van der Waals surface area contributed by atoms with Crippen LogP contribution in [0.15, 0.2) is 24.3 Å². The lowest BCUT2D eigenvalue weighted by atomic mass is 9.85. The summed E-state index contributed by atoms with van der Waals surface area (Å²) in [4.78, 5) is 37.0. The lowest BCUT2D eigenvalue weighted by Gasteiger charge is -2.42. The van der Waals surface area contributed by atoms with E-state index in [0.717, 1.165) is 24.9 Å². The molecule has 3 amide bonds. The van der Waals surface area contributed by atoms with Crippen LogP contribution >= 0.6 is 0 Å². The van der Waals surface area contributed by atoms with Gasteiger partial charge in [-0.05, 0) is 56.2 Å². The molecule has 4 N–H and O–H groups in total. The third-order valence-electron chi connectivity index (χ3n) is 5.21. The van der Waals surface area contributed by atoms with Crippen LogP contribution in [0, 0.1) is 12.8 Å². The number of amides is 3. The number of rotatable bonds is 9. The number of hydrogen-bond donors (Lipinski definition) is 4. The van der Waals surface area contributed by atoms with Crippen molar-refractivity contribution in [2.75, 3.05) is 25.0 Å². The minimum Gasteiger partial charge on any atom is -0.480 e. The Balaban J connectivity index is 1.34. The summed E-state index contributed by atoms with van der Waals surface area (Å²) in [6.07, 6.45) is 3.86. The van der Waals surface area contributed by atoms with Crippen LogP contribution in [0.25, 0.3) is 0 Å². The SMILES string of the molecule is Cc1cccc(NC(=O)NCC(=O)NC2CC(N(CC(=O)O)CC3CC3)C2)c1. The molecule has 3 rings (SSSR count). The molecule has 2 saturated carbocycles. The van der Waals surface area contributed by atoms with E-state index in [1.807, 2.05) is 30.0 Å². The molecule has 1 aromatic carbocycles. The molecule has 2 aliphatic rings. The van der Waals surface area contributed by atoms with Crippen LogP contribution in [0.5, 0.6) is 0 Å². The van der Waals surface area contributed by atoms with Crippen LogP contribution in [-0.2, 0) is 9.59 Å². The van der Waals surface area contributed by atoms with E-state index in [1.54, 1.807) is 6.07 Å². The van der Waals surface area contributed by atoms with Crippen LogP contribution in [0.3, 0.4) is 0 Å². The quantitative estimate of drug-likeness (QED) is 0.513. The van der Waals surface area contributed by atoms with Crippen LogP contribution in [0.4, 0.5) is 10.5 Å². The molecule has 1 aromatic rings. The number of urea groups is 1. The summed E-state index contributed by atoms with van der Waals surface area (Å²) in [7, 11) is 0. The van der Waals surface area contributed by atoms with E-state index < -0.39 is 12.0 Å². The Kier molecular flexibility index (Phi) is 6.51. The predicted molar refractivity (Wildman–Crippen MR) is 105 cm³/mol. The fourth-order valence-corrected chi connectivity index (χ4v) is 3.49. The van der Waals surface area contributed by atoms with E-state index in [4.69, 9.17) is 5.11 Å². The maximum atomic E-state index is 12.0. The highest BCUT2D eigenvalue weighted by Gasteiger charge is 2.37. The topological polar surface area (TPSA) is 111 Å². The maximum Gasteiger partial charge on any atom is 0.319 e. The maximum absolute atomic E-state index is 12.0. The van der Waals surface area contributed by atoms with Gasteiger partial charge in [-0.1, -0.05) is 12.1 Å². The van der Waals surface area contributed by atoms with Gasteiger partial charge in [-0.15, -0.1) is 0 Å². The minimum absolute atomic E-state index is 0.0367. The lowest BCUT2D eigenvalue weighted by Crippen LogP contribution is -2.56. The van der Waals surface area contributed by atoms with Gasteiger partial charge in [-0.25, -0.2) is 4.79 Å². The van der Waals surface area contributed by atoms with Crippen LogP contribution in [0.1, 0.15) is 31.2 Å². The summed E-state index contributed by atoms with van der Waals surface area (Å²) in [5.74, 6) is -0.420. The molecular weight excluding hydrogens is 360 g/mol. The number of benzene rings is 1. The average Bonchev–Trinajstić information content (AvgIpc) is 3.39. The van der Waals surface area contributed by atoms with Crippen LogP contribution in [-0.4, -0.2) is 59.6 Å². The average molecular weight is 388 g/mol. The first-order valence-corrected chi connectivity index (χ1v) is 9.76. The molecule has 0 aliphatic heterocycles. The highest BCUT2D eigenvalue weighted by molar-refractivity contribution is 5.92. The Morgan fingerprint density at radius 2 is 1.96 bits per heavy atom. The summed E-state index contributed by atoms with van der Waals surface area (Å²) < 4.78 is 0. The molecule has 0 spiro atoms. The second-order valence-corrected chi connectivity index (χ2v) is 7.83. The number of carboxylic acids is 1. The zero-order valence-electron chi connectivity index (χ0n) is 16.1. The van der Waals surface area contributed by atoms with Crippen molar-refractivity contribution in [2.45, 2.75) is 44.7 Å². The third-order valence-corrected chi connectivity index (χ3v) is 5.21.